The highest BCUT2D eigenvalue weighted by Gasteiger charge is 2.35. The number of alkyl halides is 6. The van der Waals surface area contributed by atoms with Crippen molar-refractivity contribution in [3.8, 4) is 5.88 Å². The summed E-state index contributed by atoms with van der Waals surface area (Å²) in [6.45, 7) is 1.53. The van der Waals surface area contributed by atoms with Gasteiger partial charge in [0.1, 0.15) is 0 Å². The van der Waals surface area contributed by atoms with Gasteiger partial charge in [-0.15, -0.1) is 0 Å². The molecule has 144 valence electrons. The number of hydrogen-bond donors (Lipinski definition) is 1. The lowest BCUT2D eigenvalue weighted by molar-refractivity contribution is -0.144. The van der Waals surface area contributed by atoms with E-state index in [1.54, 1.807) is 6.07 Å². The highest BCUT2D eigenvalue weighted by atomic mass is 19.4. The smallest absolute Gasteiger partial charge is 0.449 e. The maximum Gasteiger partial charge on any atom is 0.449 e. The molecule has 0 fully saturated rings. The summed E-state index contributed by atoms with van der Waals surface area (Å²) in [6, 6.07) is 4.92. The lowest BCUT2D eigenvalue weighted by atomic mass is 10.0. The van der Waals surface area contributed by atoms with Gasteiger partial charge in [-0.2, -0.15) is 31.3 Å². The summed E-state index contributed by atoms with van der Waals surface area (Å²) in [5.74, 6) is -1.21. The fraction of sp³-hybridized carbons (Fsp3) is 0.294. The summed E-state index contributed by atoms with van der Waals surface area (Å²) < 4.78 is 82.5. The zero-order valence-electron chi connectivity index (χ0n) is 14.1. The van der Waals surface area contributed by atoms with Gasteiger partial charge in [-0.05, 0) is 30.7 Å². The Kier molecular flexibility index (Phi) is 4.52. The van der Waals surface area contributed by atoms with Crippen LogP contribution >= 0.6 is 0 Å². The Bertz CT molecular complexity index is 991. The van der Waals surface area contributed by atoms with E-state index in [-0.39, 0.29) is 23.5 Å². The predicted octanol–water partition coefficient (Wildman–Crippen LogP) is 4.90. The first-order valence-electron chi connectivity index (χ1n) is 7.66. The third-order valence-electron chi connectivity index (χ3n) is 3.83. The molecule has 2 aromatic heterocycles. The average molecular weight is 389 g/mol. The number of nitrogens with one attached hydrogen (secondary N) is 1. The largest absolute Gasteiger partial charge is 0.481 e. The van der Waals surface area contributed by atoms with Crippen molar-refractivity contribution in [2.24, 2.45) is 0 Å². The van der Waals surface area contributed by atoms with Crippen LogP contribution in [-0.2, 0) is 18.8 Å². The van der Waals surface area contributed by atoms with Crippen LogP contribution in [0.4, 0.5) is 26.3 Å². The highest BCUT2D eigenvalue weighted by molar-refractivity contribution is 5.73. The molecular weight excluding hydrogens is 376 g/mol. The van der Waals surface area contributed by atoms with Gasteiger partial charge in [-0.1, -0.05) is 11.6 Å². The van der Waals surface area contributed by atoms with Crippen LogP contribution in [0.15, 0.2) is 24.3 Å². The topological polar surface area (TPSA) is 50.8 Å². The molecule has 0 radical (unpaired) electrons. The average Bonchev–Trinajstić information content (AvgIpc) is 2.95. The minimum absolute atomic E-state index is 0.00205. The van der Waals surface area contributed by atoms with Crippen molar-refractivity contribution in [1.82, 2.24) is 15.0 Å². The van der Waals surface area contributed by atoms with Gasteiger partial charge in [0, 0.05) is 12.0 Å². The van der Waals surface area contributed by atoms with Crippen LogP contribution in [-0.4, -0.2) is 22.1 Å². The fourth-order valence-corrected chi connectivity index (χ4v) is 2.75. The van der Waals surface area contributed by atoms with E-state index in [2.05, 4.69) is 15.0 Å². The number of methoxy groups -OCH3 is 1. The first kappa shape index (κ1) is 19.0. The number of H-pyrrole nitrogens is 1. The first-order chi connectivity index (χ1) is 12.5. The van der Waals surface area contributed by atoms with Crippen LogP contribution in [0.25, 0.3) is 11.2 Å². The number of halogens is 6. The van der Waals surface area contributed by atoms with Gasteiger partial charge in [0.05, 0.1) is 18.2 Å². The van der Waals surface area contributed by atoms with Crippen molar-refractivity contribution < 1.29 is 31.1 Å². The van der Waals surface area contributed by atoms with E-state index in [9.17, 15) is 26.3 Å². The molecule has 1 N–H and O–H groups in total. The van der Waals surface area contributed by atoms with Gasteiger partial charge in [-0.25, -0.2) is 4.98 Å². The number of ether oxygens (including phenoxy) is 1. The number of nitrogens with zero attached hydrogens (tertiary/aromatic N) is 2. The molecule has 10 heteroatoms. The third-order valence-corrected chi connectivity index (χ3v) is 3.83. The quantitative estimate of drug-likeness (QED) is 0.648. The minimum atomic E-state index is -4.67. The molecule has 3 aromatic rings. The van der Waals surface area contributed by atoms with Crippen molar-refractivity contribution >= 4 is 11.2 Å². The van der Waals surface area contributed by atoms with Gasteiger partial charge in [0.15, 0.2) is 5.65 Å². The molecule has 0 unspecified atom stereocenters. The molecule has 4 nitrogen and oxygen atoms in total. The second-order valence-corrected chi connectivity index (χ2v) is 5.99. The molecule has 2 heterocycles. The van der Waals surface area contributed by atoms with Gasteiger partial charge >= 0.3 is 12.4 Å². The van der Waals surface area contributed by atoms with Gasteiger partial charge in [0.25, 0.3) is 0 Å². The molecule has 0 saturated carbocycles. The van der Waals surface area contributed by atoms with E-state index in [1.807, 2.05) is 0 Å². The van der Waals surface area contributed by atoms with Crippen molar-refractivity contribution in [3.05, 3.63) is 52.3 Å². The van der Waals surface area contributed by atoms with Crippen LogP contribution < -0.4 is 4.74 Å². The number of aromatic nitrogens is 3. The van der Waals surface area contributed by atoms with E-state index in [4.69, 9.17) is 4.74 Å². The van der Waals surface area contributed by atoms with Crippen molar-refractivity contribution in [3.63, 3.8) is 0 Å². The lowest BCUT2D eigenvalue weighted by Gasteiger charge is -2.12. The Labute approximate surface area is 149 Å². The summed E-state index contributed by atoms with van der Waals surface area (Å²) in [5, 5.41) is 0. The van der Waals surface area contributed by atoms with Crippen molar-refractivity contribution in [1.29, 1.82) is 0 Å². The second-order valence-electron chi connectivity index (χ2n) is 5.99. The summed E-state index contributed by atoms with van der Waals surface area (Å²) >= 11 is 0. The highest BCUT2D eigenvalue weighted by Crippen LogP contribution is 2.33. The Balaban J connectivity index is 2.05. The number of aryl methyl sites for hydroxylation is 1. The van der Waals surface area contributed by atoms with Gasteiger partial charge in [0.2, 0.25) is 11.7 Å². The monoisotopic (exact) mass is 389 g/mol. The Hall–Kier alpha value is -2.78. The molecule has 0 spiro atoms. The van der Waals surface area contributed by atoms with E-state index >= 15 is 0 Å². The SMILES string of the molecule is COc1nc2nc(C(F)(F)F)[nH]c2cc1Cc1cc(C)cc(C(F)(F)F)c1. The van der Waals surface area contributed by atoms with E-state index < -0.39 is 23.7 Å². The van der Waals surface area contributed by atoms with Crippen LogP contribution in [0.2, 0.25) is 0 Å². The van der Waals surface area contributed by atoms with Crippen molar-refractivity contribution in [2.45, 2.75) is 25.7 Å². The number of hydrogen-bond acceptors (Lipinski definition) is 3. The molecular formula is C17H13F6N3O. The molecule has 0 aliphatic heterocycles. The number of fused-ring (bicyclic) bond motifs is 1. The number of aromatic amines is 1. The number of pyridine rings is 1. The summed E-state index contributed by atoms with van der Waals surface area (Å²) in [4.78, 5) is 9.44. The van der Waals surface area contributed by atoms with Gasteiger partial charge in [-0.3, -0.25) is 0 Å². The van der Waals surface area contributed by atoms with E-state index in [0.29, 0.717) is 16.7 Å². The molecule has 0 aliphatic carbocycles. The molecule has 3 rings (SSSR count). The number of benzene rings is 1. The van der Waals surface area contributed by atoms with Crippen LogP contribution in [0.3, 0.4) is 0 Å². The number of rotatable bonds is 3. The molecule has 1 aromatic carbocycles. The molecule has 0 bridgehead atoms. The lowest BCUT2D eigenvalue weighted by Crippen LogP contribution is -2.06. The van der Waals surface area contributed by atoms with Gasteiger partial charge < -0.3 is 9.72 Å². The summed E-state index contributed by atoms with van der Waals surface area (Å²) in [5.41, 5.74) is 0.100. The van der Waals surface area contributed by atoms with E-state index in [1.165, 1.54) is 20.1 Å². The predicted molar refractivity (Wildman–Crippen MR) is 84.4 cm³/mol. The Morgan fingerprint density at radius 2 is 1.67 bits per heavy atom. The molecule has 0 saturated heterocycles. The normalized spacial score (nSPS) is 12.6. The Morgan fingerprint density at radius 1 is 0.963 bits per heavy atom. The third kappa shape index (κ3) is 3.99. The minimum Gasteiger partial charge on any atom is -0.481 e. The van der Waals surface area contributed by atoms with Crippen LogP contribution in [0.1, 0.15) is 28.1 Å². The van der Waals surface area contributed by atoms with Crippen LogP contribution in [0, 0.1) is 6.92 Å². The first-order valence-corrected chi connectivity index (χ1v) is 7.66. The molecule has 27 heavy (non-hydrogen) atoms. The van der Waals surface area contributed by atoms with Crippen LogP contribution in [0.5, 0.6) is 5.88 Å². The molecule has 0 atom stereocenters. The second kappa shape index (κ2) is 6.43. The fourth-order valence-electron chi connectivity index (χ4n) is 2.75. The molecule has 0 aliphatic rings. The maximum atomic E-state index is 13.0. The van der Waals surface area contributed by atoms with E-state index in [0.717, 1.165) is 12.1 Å². The Morgan fingerprint density at radius 3 is 2.26 bits per heavy atom. The molecule has 0 amide bonds. The number of imidazole rings is 1. The maximum absolute atomic E-state index is 13.0. The standard InChI is InChI=1S/C17H13F6N3O/c1-8-3-9(6-11(4-8)16(18,19)20)5-10-7-12-13(25-14(10)27-2)26-15(24-12)17(21,22)23/h3-4,6-7H,5H2,1-2H3,(H,24,25,26). The summed E-state index contributed by atoms with van der Waals surface area (Å²) in [7, 11) is 1.27. The zero-order valence-corrected chi connectivity index (χ0v) is 14.1. The summed E-state index contributed by atoms with van der Waals surface area (Å²) in [6.07, 6.45) is -9.18. The van der Waals surface area contributed by atoms with Crippen molar-refractivity contribution in [2.75, 3.05) is 7.11 Å². The zero-order chi connectivity index (χ0) is 20.0.